The second-order valence-corrected chi connectivity index (χ2v) is 4.91. The summed E-state index contributed by atoms with van der Waals surface area (Å²) in [5.41, 5.74) is 6.81. The minimum absolute atomic E-state index is 0.0525. The van der Waals surface area contributed by atoms with Crippen molar-refractivity contribution in [3.8, 4) is 0 Å². The van der Waals surface area contributed by atoms with Gasteiger partial charge in [-0.2, -0.15) is 0 Å². The quantitative estimate of drug-likeness (QED) is 0.300. The topological polar surface area (TPSA) is 82.1 Å². The van der Waals surface area contributed by atoms with E-state index in [-0.39, 0.29) is 18.5 Å². The summed E-state index contributed by atoms with van der Waals surface area (Å²) >= 11 is 0. The van der Waals surface area contributed by atoms with Gasteiger partial charge in [-0.25, -0.2) is 0 Å². The second-order valence-electron chi connectivity index (χ2n) is 4.91. The maximum atomic E-state index is 9.25. The van der Waals surface area contributed by atoms with Crippen molar-refractivity contribution in [2.75, 3.05) is 13.2 Å². The standard InChI is InChI=1S/C14H21N3O2/c15-14(16-19)10-13(11-4-2-1-3-5-11)17(8-9-18)12-6-7-12/h1-5,12-13,18-19H,6-10H2,(H2,15,16). The average Bonchev–Trinajstić information content (AvgIpc) is 3.28. The molecule has 5 nitrogen and oxygen atoms in total. The fourth-order valence-corrected chi connectivity index (χ4v) is 2.46. The van der Waals surface area contributed by atoms with Crippen LogP contribution in [0.15, 0.2) is 35.5 Å². The lowest BCUT2D eigenvalue weighted by atomic mass is 10.0. The summed E-state index contributed by atoms with van der Waals surface area (Å²) in [5.74, 6) is 0.220. The molecule has 2 rings (SSSR count). The Hall–Kier alpha value is -1.59. The maximum absolute atomic E-state index is 9.25. The molecule has 1 aliphatic rings. The van der Waals surface area contributed by atoms with Gasteiger partial charge in [-0.3, -0.25) is 4.90 Å². The Morgan fingerprint density at radius 3 is 2.58 bits per heavy atom. The van der Waals surface area contributed by atoms with E-state index in [1.807, 2.05) is 30.3 Å². The van der Waals surface area contributed by atoms with Gasteiger partial charge in [0.05, 0.1) is 6.61 Å². The van der Waals surface area contributed by atoms with Gasteiger partial charge in [0.15, 0.2) is 0 Å². The summed E-state index contributed by atoms with van der Waals surface area (Å²) in [4.78, 5) is 2.26. The summed E-state index contributed by atoms with van der Waals surface area (Å²) in [6.45, 7) is 0.735. The number of aliphatic hydroxyl groups excluding tert-OH is 1. The van der Waals surface area contributed by atoms with Crippen molar-refractivity contribution < 1.29 is 10.3 Å². The lowest BCUT2D eigenvalue weighted by molar-refractivity contribution is 0.144. The van der Waals surface area contributed by atoms with E-state index < -0.39 is 0 Å². The molecule has 1 atom stereocenters. The van der Waals surface area contributed by atoms with E-state index >= 15 is 0 Å². The molecule has 0 aliphatic heterocycles. The molecule has 1 aromatic carbocycles. The number of rotatable bonds is 7. The second kappa shape index (κ2) is 6.54. The Kier molecular flexibility index (Phi) is 4.76. The first-order valence-electron chi connectivity index (χ1n) is 6.64. The Morgan fingerprint density at radius 1 is 1.37 bits per heavy atom. The number of amidine groups is 1. The van der Waals surface area contributed by atoms with Gasteiger partial charge in [0, 0.05) is 25.0 Å². The minimum Gasteiger partial charge on any atom is -0.409 e. The van der Waals surface area contributed by atoms with Gasteiger partial charge in [-0.05, 0) is 18.4 Å². The molecule has 0 amide bonds. The zero-order valence-corrected chi connectivity index (χ0v) is 10.9. The number of nitrogens with two attached hydrogens (primary N) is 1. The maximum Gasteiger partial charge on any atom is 0.141 e. The molecule has 0 bridgehead atoms. The molecule has 0 spiro atoms. The number of hydrogen-bond donors (Lipinski definition) is 3. The zero-order valence-electron chi connectivity index (χ0n) is 10.9. The van der Waals surface area contributed by atoms with Gasteiger partial charge in [-0.1, -0.05) is 35.5 Å². The van der Waals surface area contributed by atoms with E-state index in [1.54, 1.807) is 0 Å². The van der Waals surface area contributed by atoms with Crippen molar-refractivity contribution in [2.45, 2.75) is 31.3 Å². The van der Waals surface area contributed by atoms with Crippen LogP contribution in [-0.4, -0.2) is 40.2 Å². The molecule has 1 unspecified atom stereocenters. The molecule has 1 saturated carbocycles. The lowest BCUT2D eigenvalue weighted by Gasteiger charge is -2.31. The van der Waals surface area contributed by atoms with Gasteiger partial charge < -0.3 is 16.0 Å². The Morgan fingerprint density at radius 2 is 2.05 bits per heavy atom. The number of hydrogen-bond acceptors (Lipinski definition) is 4. The highest BCUT2D eigenvalue weighted by Gasteiger charge is 2.34. The molecular formula is C14H21N3O2. The van der Waals surface area contributed by atoms with Crippen LogP contribution in [0, 0.1) is 0 Å². The Bertz CT molecular complexity index is 418. The summed E-state index contributed by atoms with van der Waals surface area (Å²) in [6.07, 6.45) is 2.77. The monoisotopic (exact) mass is 263 g/mol. The molecule has 1 aromatic rings. The van der Waals surface area contributed by atoms with Gasteiger partial charge in [0.25, 0.3) is 0 Å². The fraction of sp³-hybridized carbons (Fsp3) is 0.500. The van der Waals surface area contributed by atoms with Crippen molar-refractivity contribution in [3.05, 3.63) is 35.9 Å². The van der Waals surface area contributed by atoms with Crippen LogP contribution in [0.1, 0.15) is 30.9 Å². The van der Waals surface area contributed by atoms with Crippen LogP contribution >= 0.6 is 0 Å². The third kappa shape index (κ3) is 3.68. The molecular weight excluding hydrogens is 242 g/mol. The molecule has 0 aromatic heterocycles. The van der Waals surface area contributed by atoms with Crippen molar-refractivity contribution in [3.63, 3.8) is 0 Å². The van der Waals surface area contributed by atoms with E-state index in [0.29, 0.717) is 19.0 Å². The van der Waals surface area contributed by atoms with Crippen LogP contribution in [-0.2, 0) is 0 Å². The summed E-state index contributed by atoms with van der Waals surface area (Å²) in [7, 11) is 0. The highest BCUT2D eigenvalue weighted by Crippen LogP contribution is 2.35. The average molecular weight is 263 g/mol. The molecule has 0 radical (unpaired) electrons. The van der Waals surface area contributed by atoms with E-state index in [4.69, 9.17) is 10.9 Å². The third-order valence-corrected chi connectivity index (χ3v) is 3.49. The van der Waals surface area contributed by atoms with Gasteiger partial charge in [-0.15, -0.1) is 0 Å². The van der Waals surface area contributed by atoms with Gasteiger partial charge in [0.2, 0.25) is 0 Å². The van der Waals surface area contributed by atoms with Crippen molar-refractivity contribution in [1.82, 2.24) is 4.90 Å². The van der Waals surface area contributed by atoms with Gasteiger partial charge >= 0.3 is 0 Å². The molecule has 0 saturated heterocycles. The zero-order chi connectivity index (χ0) is 13.7. The van der Waals surface area contributed by atoms with Gasteiger partial charge in [0.1, 0.15) is 5.84 Å². The number of benzene rings is 1. The molecule has 5 heteroatoms. The fourth-order valence-electron chi connectivity index (χ4n) is 2.46. The Labute approximate surface area is 113 Å². The van der Waals surface area contributed by atoms with Crippen LogP contribution in [0.4, 0.5) is 0 Å². The Balaban J connectivity index is 2.21. The minimum atomic E-state index is 0.0525. The molecule has 4 N–H and O–H groups in total. The predicted molar refractivity (Wildman–Crippen MR) is 74.0 cm³/mol. The predicted octanol–water partition coefficient (Wildman–Crippen LogP) is 1.32. The molecule has 1 fully saturated rings. The first-order valence-corrected chi connectivity index (χ1v) is 6.64. The molecule has 19 heavy (non-hydrogen) atoms. The van der Waals surface area contributed by atoms with Crippen LogP contribution < -0.4 is 5.73 Å². The SMILES string of the molecule is NC(CC(c1ccccc1)N(CCO)C1CC1)=NO. The van der Waals surface area contributed by atoms with Crippen LogP contribution in [0.5, 0.6) is 0 Å². The van der Waals surface area contributed by atoms with E-state index in [2.05, 4.69) is 10.1 Å². The summed E-state index contributed by atoms with van der Waals surface area (Å²) in [6, 6.07) is 10.6. The van der Waals surface area contributed by atoms with Crippen molar-refractivity contribution in [2.24, 2.45) is 10.9 Å². The lowest BCUT2D eigenvalue weighted by Crippen LogP contribution is -2.36. The summed E-state index contributed by atoms with van der Waals surface area (Å²) in [5, 5.41) is 21.1. The van der Waals surface area contributed by atoms with Crippen LogP contribution in [0.2, 0.25) is 0 Å². The molecule has 1 aliphatic carbocycles. The normalized spacial score (nSPS) is 17.7. The molecule has 0 heterocycles. The molecule has 104 valence electrons. The highest BCUT2D eigenvalue weighted by atomic mass is 16.4. The van der Waals surface area contributed by atoms with Crippen molar-refractivity contribution in [1.29, 1.82) is 0 Å². The van der Waals surface area contributed by atoms with E-state index in [9.17, 15) is 5.11 Å². The first kappa shape index (κ1) is 13.8. The van der Waals surface area contributed by atoms with E-state index in [1.165, 1.54) is 0 Å². The highest BCUT2D eigenvalue weighted by molar-refractivity contribution is 5.80. The van der Waals surface area contributed by atoms with Crippen LogP contribution in [0.25, 0.3) is 0 Å². The number of oxime groups is 1. The third-order valence-electron chi connectivity index (χ3n) is 3.49. The first-order chi connectivity index (χ1) is 9.26. The van der Waals surface area contributed by atoms with Crippen molar-refractivity contribution >= 4 is 5.84 Å². The largest absolute Gasteiger partial charge is 0.409 e. The van der Waals surface area contributed by atoms with Crippen LogP contribution in [0.3, 0.4) is 0 Å². The smallest absolute Gasteiger partial charge is 0.141 e. The number of nitrogens with zero attached hydrogens (tertiary/aromatic N) is 2. The number of aliphatic hydroxyl groups is 1. The summed E-state index contributed by atoms with van der Waals surface area (Å²) < 4.78 is 0. The van der Waals surface area contributed by atoms with E-state index in [0.717, 1.165) is 18.4 Å².